The van der Waals surface area contributed by atoms with Gasteiger partial charge in [-0.25, -0.2) is 0 Å². The Hall–Kier alpha value is -2.02. The first-order valence-corrected chi connectivity index (χ1v) is 5.51. The van der Waals surface area contributed by atoms with Crippen molar-refractivity contribution >= 4 is 16.8 Å². The summed E-state index contributed by atoms with van der Waals surface area (Å²) in [5, 5.41) is 2.59. The predicted octanol–water partition coefficient (Wildman–Crippen LogP) is 3.64. The molecule has 1 heteroatoms. The van der Waals surface area contributed by atoms with Crippen LogP contribution in [0.3, 0.4) is 0 Å². The van der Waals surface area contributed by atoms with Crippen molar-refractivity contribution in [3.05, 3.63) is 66.5 Å². The minimum atomic E-state index is 1.03. The minimum absolute atomic E-state index is 1.03. The third-order valence-corrected chi connectivity index (χ3v) is 2.85. The smallest absolute Gasteiger partial charge is 0.0417 e. The second-order valence-corrected chi connectivity index (χ2v) is 4.00. The second-order valence-electron chi connectivity index (χ2n) is 4.00. The summed E-state index contributed by atoms with van der Waals surface area (Å²) < 4.78 is 0. The monoisotopic (exact) mass is 207 g/mol. The van der Waals surface area contributed by atoms with Crippen LogP contribution >= 0.6 is 0 Å². The Morgan fingerprint density at radius 2 is 1.81 bits per heavy atom. The zero-order valence-corrected chi connectivity index (χ0v) is 9.01. The molecule has 0 aromatic heterocycles. The van der Waals surface area contributed by atoms with E-state index < -0.39 is 0 Å². The molecule has 0 amide bonds. The summed E-state index contributed by atoms with van der Waals surface area (Å²) in [7, 11) is 0. The lowest BCUT2D eigenvalue weighted by Gasteiger charge is -2.19. The molecule has 0 unspecified atom stereocenters. The highest BCUT2D eigenvalue weighted by Gasteiger charge is 1.98. The van der Waals surface area contributed by atoms with Gasteiger partial charge in [-0.3, -0.25) is 0 Å². The van der Waals surface area contributed by atoms with E-state index in [-0.39, 0.29) is 0 Å². The van der Waals surface area contributed by atoms with E-state index in [1.54, 1.807) is 0 Å². The van der Waals surface area contributed by atoms with Crippen LogP contribution in [0.15, 0.2) is 60.9 Å². The molecule has 0 aliphatic carbocycles. The van der Waals surface area contributed by atoms with Crippen LogP contribution in [0.5, 0.6) is 0 Å². The summed E-state index contributed by atoms with van der Waals surface area (Å²) in [6.45, 7) is 1.03. The third-order valence-electron chi connectivity index (χ3n) is 2.85. The molecule has 0 atom stereocenters. The average Bonchev–Trinajstić information content (AvgIpc) is 2.27. The SMILES string of the molecule is C1=CN(/C=C/c2ccc3ccccc3c2)C1. The zero-order chi connectivity index (χ0) is 10.8. The first-order chi connectivity index (χ1) is 7.92. The molecule has 1 aliphatic rings. The van der Waals surface area contributed by atoms with Gasteiger partial charge in [-0.05, 0) is 34.6 Å². The van der Waals surface area contributed by atoms with E-state index in [4.69, 9.17) is 0 Å². The molecule has 16 heavy (non-hydrogen) atoms. The standard InChI is InChI=1S/C15H13N/c1-2-5-15-12-13(6-7-14(15)4-1)8-11-16-9-3-10-16/h1-9,11-12H,10H2/b11-8+. The fourth-order valence-electron chi connectivity index (χ4n) is 1.83. The van der Waals surface area contributed by atoms with Gasteiger partial charge in [0.15, 0.2) is 0 Å². The van der Waals surface area contributed by atoms with Crippen molar-refractivity contribution in [3.8, 4) is 0 Å². The van der Waals surface area contributed by atoms with Crippen LogP contribution in [0.25, 0.3) is 16.8 Å². The summed E-state index contributed by atoms with van der Waals surface area (Å²) in [6, 6.07) is 15.0. The van der Waals surface area contributed by atoms with E-state index in [2.05, 4.69) is 71.9 Å². The highest BCUT2D eigenvalue weighted by atomic mass is 15.1. The lowest BCUT2D eigenvalue weighted by molar-refractivity contribution is 0.514. The highest BCUT2D eigenvalue weighted by molar-refractivity contribution is 5.84. The van der Waals surface area contributed by atoms with Gasteiger partial charge in [-0.2, -0.15) is 0 Å². The van der Waals surface area contributed by atoms with Crippen LogP contribution in [0.4, 0.5) is 0 Å². The summed E-state index contributed by atoms with van der Waals surface area (Å²) in [5.41, 5.74) is 1.25. The lowest BCUT2D eigenvalue weighted by Crippen LogP contribution is -2.16. The average molecular weight is 207 g/mol. The van der Waals surface area contributed by atoms with Crippen LogP contribution in [-0.2, 0) is 0 Å². The number of fused-ring (bicyclic) bond motifs is 1. The number of hydrogen-bond acceptors (Lipinski definition) is 1. The molecule has 1 aliphatic heterocycles. The minimum Gasteiger partial charge on any atom is -0.351 e. The van der Waals surface area contributed by atoms with Gasteiger partial charge in [0.2, 0.25) is 0 Å². The van der Waals surface area contributed by atoms with Gasteiger partial charge in [0.25, 0.3) is 0 Å². The van der Waals surface area contributed by atoms with Gasteiger partial charge in [0.1, 0.15) is 0 Å². The quantitative estimate of drug-likeness (QED) is 0.726. The number of nitrogens with zero attached hydrogens (tertiary/aromatic N) is 1. The van der Waals surface area contributed by atoms with Gasteiger partial charge in [-0.15, -0.1) is 0 Å². The molecular weight excluding hydrogens is 194 g/mol. The van der Waals surface area contributed by atoms with Crippen molar-refractivity contribution in [1.82, 2.24) is 4.90 Å². The first kappa shape index (κ1) is 9.22. The fraction of sp³-hybridized carbons (Fsp3) is 0.0667. The Morgan fingerprint density at radius 3 is 2.56 bits per heavy atom. The summed E-state index contributed by atoms with van der Waals surface area (Å²) in [4.78, 5) is 2.16. The van der Waals surface area contributed by atoms with E-state index >= 15 is 0 Å². The Balaban J connectivity index is 1.92. The van der Waals surface area contributed by atoms with Crippen molar-refractivity contribution in [2.24, 2.45) is 0 Å². The largest absolute Gasteiger partial charge is 0.351 e. The molecule has 2 aromatic carbocycles. The molecule has 1 heterocycles. The lowest BCUT2D eigenvalue weighted by atomic mass is 10.1. The Bertz CT molecular complexity index is 566. The normalized spacial score (nSPS) is 14.6. The van der Waals surface area contributed by atoms with E-state index in [0.717, 1.165) is 6.54 Å². The van der Waals surface area contributed by atoms with Crippen LogP contribution in [-0.4, -0.2) is 11.4 Å². The molecule has 78 valence electrons. The van der Waals surface area contributed by atoms with Gasteiger partial charge in [0, 0.05) is 18.9 Å². The van der Waals surface area contributed by atoms with Gasteiger partial charge in [0.05, 0.1) is 0 Å². The summed E-state index contributed by atoms with van der Waals surface area (Å²) in [6.07, 6.45) is 8.49. The van der Waals surface area contributed by atoms with Crippen LogP contribution in [0.1, 0.15) is 5.56 Å². The van der Waals surface area contributed by atoms with E-state index in [1.165, 1.54) is 16.3 Å². The molecule has 3 rings (SSSR count). The molecule has 0 spiro atoms. The van der Waals surface area contributed by atoms with E-state index in [1.807, 2.05) is 0 Å². The van der Waals surface area contributed by atoms with E-state index in [9.17, 15) is 0 Å². The van der Waals surface area contributed by atoms with Crippen LogP contribution in [0, 0.1) is 0 Å². The first-order valence-electron chi connectivity index (χ1n) is 5.51. The highest BCUT2D eigenvalue weighted by Crippen LogP contribution is 2.17. The van der Waals surface area contributed by atoms with Crippen LogP contribution in [0.2, 0.25) is 0 Å². The van der Waals surface area contributed by atoms with E-state index in [0.29, 0.717) is 0 Å². The number of rotatable bonds is 2. The maximum absolute atomic E-state index is 2.22. The van der Waals surface area contributed by atoms with Crippen molar-refractivity contribution < 1.29 is 0 Å². The Morgan fingerprint density at radius 1 is 1.00 bits per heavy atom. The molecule has 0 saturated heterocycles. The Labute approximate surface area is 95.3 Å². The molecule has 0 N–H and O–H groups in total. The molecule has 0 bridgehead atoms. The van der Waals surface area contributed by atoms with Gasteiger partial charge < -0.3 is 4.90 Å². The molecule has 0 saturated carbocycles. The Kier molecular flexibility index (Phi) is 2.22. The third kappa shape index (κ3) is 1.72. The van der Waals surface area contributed by atoms with Crippen molar-refractivity contribution in [2.75, 3.05) is 6.54 Å². The topological polar surface area (TPSA) is 3.24 Å². The van der Waals surface area contributed by atoms with Crippen molar-refractivity contribution in [2.45, 2.75) is 0 Å². The molecule has 0 radical (unpaired) electrons. The summed E-state index contributed by atoms with van der Waals surface area (Å²) >= 11 is 0. The molecule has 2 aromatic rings. The van der Waals surface area contributed by atoms with Crippen LogP contribution < -0.4 is 0 Å². The van der Waals surface area contributed by atoms with Gasteiger partial charge >= 0.3 is 0 Å². The molecule has 0 fully saturated rings. The second kappa shape index (κ2) is 3.86. The predicted molar refractivity (Wildman–Crippen MR) is 68.8 cm³/mol. The summed E-state index contributed by atoms with van der Waals surface area (Å²) in [5.74, 6) is 0. The maximum atomic E-state index is 2.22. The van der Waals surface area contributed by atoms with Gasteiger partial charge in [-0.1, -0.05) is 36.4 Å². The molecule has 1 nitrogen and oxygen atoms in total. The van der Waals surface area contributed by atoms with Crippen molar-refractivity contribution in [1.29, 1.82) is 0 Å². The molecular formula is C15H13N. The number of benzene rings is 2. The number of hydrogen-bond donors (Lipinski definition) is 0. The maximum Gasteiger partial charge on any atom is 0.0417 e. The van der Waals surface area contributed by atoms with Crippen molar-refractivity contribution in [3.63, 3.8) is 0 Å². The fourth-order valence-corrected chi connectivity index (χ4v) is 1.83. The zero-order valence-electron chi connectivity index (χ0n) is 9.01.